The van der Waals surface area contributed by atoms with Gasteiger partial charge in [-0.3, -0.25) is 9.78 Å². The second kappa shape index (κ2) is 10.1. The fourth-order valence-corrected chi connectivity index (χ4v) is 3.89. The Labute approximate surface area is 173 Å². The molecular formula is C19H30IN5O. The van der Waals surface area contributed by atoms with Crippen LogP contribution in [-0.4, -0.2) is 55.0 Å². The molecule has 1 heterocycles. The normalized spacial score (nSPS) is 24.1. The van der Waals surface area contributed by atoms with Crippen LogP contribution in [0.5, 0.6) is 0 Å². The van der Waals surface area contributed by atoms with Crippen molar-refractivity contribution in [2.45, 2.75) is 38.1 Å². The third kappa shape index (κ3) is 5.82. The van der Waals surface area contributed by atoms with Crippen molar-refractivity contribution in [1.82, 2.24) is 20.5 Å². The van der Waals surface area contributed by atoms with Crippen LogP contribution in [0.4, 0.5) is 0 Å². The number of nitrogens with one attached hydrogen (secondary N) is 2. The second-order valence-corrected chi connectivity index (χ2v) is 7.38. The number of carbonyl (C=O) groups is 1. The average molecular weight is 471 g/mol. The molecule has 0 spiro atoms. The van der Waals surface area contributed by atoms with E-state index in [1.165, 1.54) is 25.7 Å². The van der Waals surface area contributed by atoms with Gasteiger partial charge in [-0.2, -0.15) is 0 Å². The lowest BCUT2D eigenvalue weighted by atomic mass is 9.95. The van der Waals surface area contributed by atoms with Crippen LogP contribution in [0.25, 0.3) is 0 Å². The molecule has 2 bridgehead atoms. The fourth-order valence-electron chi connectivity index (χ4n) is 3.89. The second-order valence-electron chi connectivity index (χ2n) is 7.38. The number of hydrogen-bond donors (Lipinski definition) is 2. The number of hydrogen-bond acceptors (Lipinski definition) is 3. The van der Waals surface area contributed by atoms with Gasteiger partial charge in [-0.25, -0.2) is 4.99 Å². The molecule has 144 valence electrons. The summed E-state index contributed by atoms with van der Waals surface area (Å²) < 4.78 is 0. The van der Waals surface area contributed by atoms with Crippen molar-refractivity contribution in [3.05, 3.63) is 30.1 Å². The van der Waals surface area contributed by atoms with E-state index in [-0.39, 0.29) is 36.4 Å². The van der Waals surface area contributed by atoms with Gasteiger partial charge in [0.05, 0.1) is 0 Å². The number of nitrogens with zero attached hydrogens (tertiary/aromatic N) is 3. The van der Waals surface area contributed by atoms with Crippen molar-refractivity contribution in [1.29, 1.82) is 0 Å². The number of amides is 1. The molecule has 7 heteroatoms. The molecule has 3 atom stereocenters. The van der Waals surface area contributed by atoms with Crippen LogP contribution in [0.1, 0.15) is 31.4 Å². The van der Waals surface area contributed by atoms with Crippen LogP contribution < -0.4 is 10.6 Å². The van der Waals surface area contributed by atoms with Crippen molar-refractivity contribution < 1.29 is 4.79 Å². The van der Waals surface area contributed by atoms with Crippen molar-refractivity contribution in [3.63, 3.8) is 0 Å². The first-order valence-corrected chi connectivity index (χ1v) is 9.26. The lowest BCUT2D eigenvalue weighted by molar-refractivity contribution is -0.127. The van der Waals surface area contributed by atoms with Crippen LogP contribution in [0, 0.1) is 11.8 Å². The van der Waals surface area contributed by atoms with Gasteiger partial charge in [-0.05, 0) is 43.2 Å². The summed E-state index contributed by atoms with van der Waals surface area (Å²) in [4.78, 5) is 22.3. The van der Waals surface area contributed by atoms with E-state index in [1.54, 1.807) is 19.0 Å². The van der Waals surface area contributed by atoms with Gasteiger partial charge in [0.1, 0.15) is 6.54 Å². The van der Waals surface area contributed by atoms with Gasteiger partial charge >= 0.3 is 0 Å². The summed E-state index contributed by atoms with van der Waals surface area (Å²) in [6, 6.07) is 6.44. The third-order valence-electron chi connectivity index (χ3n) is 5.33. The van der Waals surface area contributed by atoms with Gasteiger partial charge in [0, 0.05) is 45.0 Å². The molecule has 2 aliphatic rings. The summed E-state index contributed by atoms with van der Waals surface area (Å²) >= 11 is 0. The van der Waals surface area contributed by atoms with Crippen molar-refractivity contribution in [2.75, 3.05) is 27.2 Å². The zero-order valence-electron chi connectivity index (χ0n) is 15.6. The smallest absolute Gasteiger partial charge is 0.243 e. The molecule has 0 saturated heterocycles. The van der Waals surface area contributed by atoms with E-state index in [0.29, 0.717) is 6.04 Å². The van der Waals surface area contributed by atoms with E-state index < -0.39 is 0 Å². The summed E-state index contributed by atoms with van der Waals surface area (Å²) in [5, 5.41) is 6.95. The minimum atomic E-state index is 0. The molecule has 6 nitrogen and oxygen atoms in total. The Morgan fingerprint density at radius 3 is 2.77 bits per heavy atom. The molecule has 2 N–H and O–H groups in total. The number of aliphatic imine (C=N–C) groups is 1. The number of carbonyl (C=O) groups excluding carboxylic acids is 1. The molecule has 0 aliphatic heterocycles. The van der Waals surface area contributed by atoms with E-state index in [9.17, 15) is 4.79 Å². The van der Waals surface area contributed by atoms with Crippen molar-refractivity contribution in [2.24, 2.45) is 16.8 Å². The maximum absolute atomic E-state index is 11.9. The Morgan fingerprint density at radius 1 is 1.31 bits per heavy atom. The lowest BCUT2D eigenvalue weighted by Crippen LogP contribution is -2.46. The highest BCUT2D eigenvalue weighted by molar-refractivity contribution is 14.0. The maximum atomic E-state index is 11.9. The number of fused-ring (bicyclic) bond motifs is 2. The zero-order chi connectivity index (χ0) is 17.6. The van der Waals surface area contributed by atoms with Crippen LogP contribution in [0.2, 0.25) is 0 Å². The number of pyridine rings is 1. The Morgan fingerprint density at radius 2 is 2.15 bits per heavy atom. The molecule has 0 radical (unpaired) electrons. The molecule has 26 heavy (non-hydrogen) atoms. The average Bonchev–Trinajstić information content (AvgIpc) is 3.23. The number of aromatic nitrogens is 1. The molecule has 2 fully saturated rings. The van der Waals surface area contributed by atoms with Crippen LogP contribution in [0.15, 0.2) is 29.4 Å². The molecule has 3 rings (SSSR count). The van der Waals surface area contributed by atoms with Gasteiger partial charge in [-0.1, -0.05) is 12.5 Å². The molecule has 1 aromatic rings. The van der Waals surface area contributed by atoms with Gasteiger partial charge in [0.25, 0.3) is 0 Å². The van der Waals surface area contributed by atoms with E-state index in [0.717, 1.165) is 36.5 Å². The van der Waals surface area contributed by atoms with Gasteiger partial charge in [0.2, 0.25) is 5.91 Å². The number of guanidine groups is 1. The van der Waals surface area contributed by atoms with E-state index in [4.69, 9.17) is 0 Å². The van der Waals surface area contributed by atoms with Crippen LogP contribution in [0.3, 0.4) is 0 Å². The first-order chi connectivity index (χ1) is 12.1. The quantitative estimate of drug-likeness (QED) is 0.379. The Balaban J connectivity index is 0.00000243. The molecule has 0 aromatic carbocycles. The molecule has 1 aromatic heterocycles. The summed E-state index contributed by atoms with van der Waals surface area (Å²) in [6.07, 6.45) is 7.91. The third-order valence-corrected chi connectivity index (χ3v) is 5.33. The van der Waals surface area contributed by atoms with E-state index >= 15 is 0 Å². The first-order valence-electron chi connectivity index (χ1n) is 9.26. The molecule has 3 unspecified atom stereocenters. The summed E-state index contributed by atoms with van der Waals surface area (Å²) in [5.74, 6) is 2.40. The van der Waals surface area contributed by atoms with Crippen molar-refractivity contribution in [3.8, 4) is 0 Å². The molecule has 1 amide bonds. The topological polar surface area (TPSA) is 69.6 Å². The summed E-state index contributed by atoms with van der Waals surface area (Å²) in [6.45, 7) is 0.923. The highest BCUT2D eigenvalue weighted by Gasteiger charge is 2.39. The van der Waals surface area contributed by atoms with E-state index in [2.05, 4.69) is 20.6 Å². The highest BCUT2D eigenvalue weighted by atomic mass is 127. The Bertz CT molecular complexity index is 607. The number of likely N-dealkylation sites (N-methyl/N-ethyl adjacent to an activating group) is 1. The monoisotopic (exact) mass is 471 g/mol. The minimum absolute atomic E-state index is 0. The predicted octanol–water partition coefficient (Wildman–Crippen LogP) is 2.05. The molecule has 2 aliphatic carbocycles. The Kier molecular flexibility index (Phi) is 8.12. The standard InChI is InChI=1S/C19H29N5O.HI/c1-24(2)18(25)13-22-19(21-10-8-16-5-3-4-9-20-16)23-17-12-14-6-7-15(17)11-14;/h3-5,9,14-15,17H,6-8,10-13H2,1-2H3,(H2,21,22,23);1H. The first kappa shape index (κ1) is 20.9. The summed E-state index contributed by atoms with van der Waals surface area (Å²) in [7, 11) is 3.52. The largest absolute Gasteiger partial charge is 0.356 e. The Hall–Kier alpha value is -1.38. The van der Waals surface area contributed by atoms with Crippen molar-refractivity contribution >= 4 is 35.8 Å². The van der Waals surface area contributed by atoms with E-state index in [1.807, 2.05) is 24.4 Å². The van der Waals surface area contributed by atoms with Gasteiger partial charge in [-0.15, -0.1) is 24.0 Å². The highest BCUT2D eigenvalue weighted by Crippen LogP contribution is 2.44. The molecule has 2 saturated carbocycles. The fraction of sp³-hybridized carbons (Fsp3) is 0.632. The predicted molar refractivity (Wildman–Crippen MR) is 115 cm³/mol. The maximum Gasteiger partial charge on any atom is 0.243 e. The summed E-state index contributed by atoms with van der Waals surface area (Å²) in [5.41, 5.74) is 1.05. The minimum Gasteiger partial charge on any atom is -0.356 e. The number of rotatable bonds is 6. The number of halogens is 1. The lowest BCUT2D eigenvalue weighted by Gasteiger charge is -2.25. The van der Waals surface area contributed by atoms with Gasteiger partial charge < -0.3 is 15.5 Å². The van der Waals surface area contributed by atoms with Crippen LogP contribution in [-0.2, 0) is 11.2 Å². The van der Waals surface area contributed by atoms with Gasteiger partial charge in [0.15, 0.2) is 5.96 Å². The van der Waals surface area contributed by atoms with Crippen LogP contribution >= 0.6 is 24.0 Å². The SMILES string of the molecule is CN(C)C(=O)CN=C(NCCc1ccccn1)NC1CC2CCC1C2.I. The zero-order valence-corrected chi connectivity index (χ0v) is 18.0. The molecular weight excluding hydrogens is 441 g/mol.